The lowest BCUT2D eigenvalue weighted by Gasteiger charge is -2.21. The second-order valence-electron chi connectivity index (χ2n) is 6.05. The van der Waals surface area contributed by atoms with Gasteiger partial charge in [-0.15, -0.1) is 0 Å². The maximum Gasteiger partial charge on any atom is 0.243 e. The van der Waals surface area contributed by atoms with Crippen LogP contribution in [-0.4, -0.2) is 28.8 Å². The van der Waals surface area contributed by atoms with E-state index in [9.17, 15) is 9.90 Å². The first-order chi connectivity index (χ1) is 12.1. The monoisotopic (exact) mass is 338 g/mol. The van der Waals surface area contributed by atoms with Crippen LogP contribution in [0.25, 0.3) is 0 Å². The Kier molecular flexibility index (Phi) is 5.03. The highest BCUT2D eigenvalue weighted by molar-refractivity contribution is 6.03. The minimum atomic E-state index is -0.102. The minimum absolute atomic E-state index is 0.0251. The molecule has 0 fully saturated rings. The lowest BCUT2D eigenvalue weighted by molar-refractivity contribution is -0.133. The Bertz CT molecular complexity index is 787. The van der Waals surface area contributed by atoms with Crippen LogP contribution in [0.3, 0.4) is 0 Å². The van der Waals surface area contributed by atoms with E-state index in [0.29, 0.717) is 18.6 Å². The molecule has 5 heteroatoms. The Morgan fingerprint density at radius 2 is 2.04 bits per heavy atom. The number of ether oxygens (including phenoxy) is 1. The predicted molar refractivity (Wildman–Crippen MR) is 96.7 cm³/mol. The fourth-order valence-electron chi connectivity index (χ4n) is 3.04. The van der Waals surface area contributed by atoms with Crippen LogP contribution in [0.15, 0.2) is 53.6 Å². The summed E-state index contributed by atoms with van der Waals surface area (Å²) in [5.41, 5.74) is 2.73. The van der Waals surface area contributed by atoms with Crippen LogP contribution in [-0.2, 0) is 4.79 Å². The van der Waals surface area contributed by atoms with E-state index in [-0.39, 0.29) is 17.7 Å². The number of nitrogens with zero attached hydrogens (tertiary/aromatic N) is 2. The fourth-order valence-corrected chi connectivity index (χ4v) is 3.04. The van der Waals surface area contributed by atoms with E-state index in [2.05, 4.69) is 5.10 Å². The number of amides is 1. The van der Waals surface area contributed by atoms with E-state index >= 15 is 0 Å². The maximum atomic E-state index is 12.5. The first-order valence-electron chi connectivity index (χ1n) is 8.46. The van der Waals surface area contributed by atoms with Gasteiger partial charge in [0.25, 0.3) is 0 Å². The van der Waals surface area contributed by atoms with Gasteiger partial charge >= 0.3 is 0 Å². The van der Waals surface area contributed by atoms with Gasteiger partial charge in [-0.2, -0.15) is 5.10 Å². The third-order valence-corrected chi connectivity index (χ3v) is 4.33. The molecule has 0 unspecified atom stereocenters. The van der Waals surface area contributed by atoms with Gasteiger partial charge in [0, 0.05) is 18.4 Å². The number of phenols is 1. The van der Waals surface area contributed by atoms with Crippen LogP contribution in [0, 0.1) is 0 Å². The summed E-state index contributed by atoms with van der Waals surface area (Å²) in [6.07, 6.45) is 1.89. The molecule has 2 aromatic carbocycles. The normalized spacial score (nSPS) is 16.6. The second kappa shape index (κ2) is 7.38. The molecule has 1 aliphatic rings. The molecule has 0 bridgehead atoms. The SMILES string of the molecule is CCCC(=O)N1N=C(c2ccc(O)c(OC)c2)C[C@H]1c1ccccc1. The molecule has 2 aromatic rings. The molecule has 1 heterocycles. The number of hydrogen-bond acceptors (Lipinski definition) is 4. The van der Waals surface area contributed by atoms with Gasteiger partial charge in [0.1, 0.15) is 0 Å². The minimum Gasteiger partial charge on any atom is -0.504 e. The molecule has 0 saturated carbocycles. The highest BCUT2D eigenvalue weighted by Crippen LogP contribution is 2.35. The van der Waals surface area contributed by atoms with Crippen molar-refractivity contribution >= 4 is 11.6 Å². The Morgan fingerprint density at radius 3 is 2.72 bits per heavy atom. The summed E-state index contributed by atoms with van der Waals surface area (Å²) in [6, 6.07) is 15.0. The van der Waals surface area contributed by atoms with Gasteiger partial charge < -0.3 is 9.84 Å². The second-order valence-corrected chi connectivity index (χ2v) is 6.05. The molecule has 0 radical (unpaired) electrons. The largest absolute Gasteiger partial charge is 0.504 e. The first-order valence-corrected chi connectivity index (χ1v) is 8.46. The van der Waals surface area contributed by atoms with E-state index in [1.54, 1.807) is 23.2 Å². The molecule has 25 heavy (non-hydrogen) atoms. The van der Waals surface area contributed by atoms with E-state index in [1.165, 1.54) is 7.11 Å². The van der Waals surface area contributed by atoms with E-state index in [1.807, 2.05) is 37.3 Å². The van der Waals surface area contributed by atoms with E-state index in [0.717, 1.165) is 23.3 Å². The van der Waals surface area contributed by atoms with Crippen molar-refractivity contribution < 1.29 is 14.6 Å². The van der Waals surface area contributed by atoms with E-state index in [4.69, 9.17) is 4.74 Å². The Labute approximate surface area is 147 Å². The van der Waals surface area contributed by atoms with Crippen molar-refractivity contribution in [2.24, 2.45) is 5.10 Å². The van der Waals surface area contributed by atoms with Crippen LogP contribution in [0.5, 0.6) is 11.5 Å². The van der Waals surface area contributed by atoms with E-state index < -0.39 is 0 Å². The summed E-state index contributed by atoms with van der Waals surface area (Å²) in [5.74, 6) is 0.510. The van der Waals surface area contributed by atoms with Gasteiger partial charge in [0.2, 0.25) is 5.91 Å². The quantitative estimate of drug-likeness (QED) is 0.900. The molecule has 1 atom stereocenters. The van der Waals surface area contributed by atoms with Gasteiger partial charge in [-0.25, -0.2) is 5.01 Å². The molecule has 0 aromatic heterocycles. The molecule has 130 valence electrons. The summed E-state index contributed by atoms with van der Waals surface area (Å²) in [5, 5.41) is 16.0. The van der Waals surface area contributed by atoms with Gasteiger partial charge in [-0.05, 0) is 30.2 Å². The zero-order chi connectivity index (χ0) is 17.8. The Balaban J connectivity index is 1.95. The van der Waals surface area contributed by atoms with Gasteiger partial charge in [0.05, 0.1) is 18.9 Å². The smallest absolute Gasteiger partial charge is 0.243 e. The van der Waals surface area contributed by atoms with Crippen molar-refractivity contribution in [2.45, 2.75) is 32.2 Å². The molecular weight excluding hydrogens is 316 g/mol. The lowest BCUT2D eigenvalue weighted by Crippen LogP contribution is -2.26. The highest BCUT2D eigenvalue weighted by atomic mass is 16.5. The standard InChI is InChI=1S/C20H22N2O3/c1-3-7-20(24)22-17(14-8-5-4-6-9-14)13-16(21-22)15-10-11-18(23)19(12-15)25-2/h4-6,8-12,17,23H,3,7,13H2,1-2H3/t17-/m0/s1. The number of hydrazone groups is 1. The number of methoxy groups -OCH3 is 1. The van der Waals surface area contributed by atoms with Crippen molar-refractivity contribution in [3.05, 3.63) is 59.7 Å². The first kappa shape index (κ1) is 17.0. The van der Waals surface area contributed by atoms with Crippen molar-refractivity contribution in [2.75, 3.05) is 7.11 Å². The summed E-state index contributed by atoms with van der Waals surface area (Å²) in [7, 11) is 1.51. The Morgan fingerprint density at radius 1 is 1.28 bits per heavy atom. The summed E-state index contributed by atoms with van der Waals surface area (Å²) in [4.78, 5) is 12.5. The summed E-state index contributed by atoms with van der Waals surface area (Å²) < 4.78 is 5.18. The Hall–Kier alpha value is -2.82. The molecule has 0 aliphatic carbocycles. The molecule has 0 saturated heterocycles. The molecule has 1 amide bonds. The molecule has 0 spiro atoms. The third-order valence-electron chi connectivity index (χ3n) is 4.33. The van der Waals surface area contributed by atoms with Crippen LogP contribution in [0.2, 0.25) is 0 Å². The summed E-state index contributed by atoms with van der Waals surface area (Å²) in [6.45, 7) is 1.99. The topological polar surface area (TPSA) is 62.1 Å². The van der Waals surface area contributed by atoms with Crippen molar-refractivity contribution in [1.29, 1.82) is 0 Å². The molecular formula is C20H22N2O3. The summed E-state index contributed by atoms with van der Waals surface area (Å²) >= 11 is 0. The van der Waals surface area contributed by atoms with Crippen LogP contribution < -0.4 is 4.74 Å². The number of hydrogen-bond donors (Lipinski definition) is 1. The van der Waals surface area contributed by atoms with Crippen LogP contribution in [0.4, 0.5) is 0 Å². The molecule has 5 nitrogen and oxygen atoms in total. The van der Waals surface area contributed by atoms with Crippen molar-refractivity contribution in [1.82, 2.24) is 5.01 Å². The number of benzene rings is 2. The molecule has 3 rings (SSSR count). The van der Waals surface area contributed by atoms with Crippen molar-refractivity contribution in [3.63, 3.8) is 0 Å². The fraction of sp³-hybridized carbons (Fsp3) is 0.300. The zero-order valence-electron chi connectivity index (χ0n) is 14.5. The van der Waals surface area contributed by atoms with Gasteiger partial charge in [-0.3, -0.25) is 4.79 Å². The predicted octanol–water partition coefficient (Wildman–Crippen LogP) is 3.88. The third kappa shape index (κ3) is 3.50. The average Bonchev–Trinajstić information content (AvgIpc) is 3.08. The lowest BCUT2D eigenvalue weighted by atomic mass is 9.98. The highest BCUT2D eigenvalue weighted by Gasteiger charge is 2.32. The van der Waals surface area contributed by atoms with Crippen LogP contribution in [0.1, 0.15) is 43.4 Å². The maximum absolute atomic E-state index is 12.5. The van der Waals surface area contributed by atoms with Gasteiger partial charge in [-0.1, -0.05) is 37.3 Å². The van der Waals surface area contributed by atoms with Crippen molar-refractivity contribution in [3.8, 4) is 11.5 Å². The number of rotatable bonds is 5. The molecule has 1 N–H and O–H groups in total. The van der Waals surface area contributed by atoms with Gasteiger partial charge in [0.15, 0.2) is 11.5 Å². The number of phenolic OH excluding ortho intramolecular Hbond substituents is 1. The number of carbonyl (C=O) groups excluding carboxylic acids is 1. The average molecular weight is 338 g/mol. The molecule has 1 aliphatic heterocycles. The number of carbonyl (C=O) groups is 1. The zero-order valence-corrected chi connectivity index (χ0v) is 14.5. The van der Waals surface area contributed by atoms with Crippen LogP contribution >= 0.6 is 0 Å². The number of aromatic hydroxyl groups is 1.